The van der Waals surface area contributed by atoms with Gasteiger partial charge in [-0.25, -0.2) is 8.78 Å². The molecule has 2 atom stereocenters. The molecule has 0 bridgehead atoms. The first-order valence-electron chi connectivity index (χ1n) is 4.09. The molecule has 1 aromatic carbocycles. The maximum Gasteiger partial charge on any atom is 0.142 e. The van der Waals surface area contributed by atoms with Gasteiger partial charge in [0.1, 0.15) is 23.8 Å². The van der Waals surface area contributed by atoms with Gasteiger partial charge in [0.2, 0.25) is 0 Å². The second-order valence-corrected chi connectivity index (χ2v) is 3.33. The Morgan fingerprint density at radius 1 is 1.20 bits per heavy atom. The molecule has 3 nitrogen and oxygen atoms in total. The van der Waals surface area contributed by atoms with E-state index in [9.17, 15) is 13.9 Å². The zero-order chi connectivity index (χ0) is 11.6. The summed E-state index contributed by atoms with van der Waals surface area (Å²) in [5.41, 5.74) is -0.557. The van der Waals surface area contributed by atoms with E-state index < -0.39 is 41.0 Å². The minimum atomic E-state index is -1.77. The molecule has 0 amide bonds. The molecular weight excluding hydrogens is 230 g/mol. The monoisotopic (exact) mass is 238 g/mol. The third-order valence-corrected chi connectivity index (χ3v) is 2.31. The minimum absolute atomic E-state index is 0.557. The summed E-state index contributed by atoms with van der Waals surface area (Å²) in [5, 5.41) is 26.4. The zero-order valence-corrected chi connectivity index (χ0v) is 8.25. The van der Waals surface area contributed by atoms with Crippen molar-refractivity contribution in [2.24, 2.45) is 0 Å². The van der Waals surface area contributed by atoms with Gasteiger partial charge in [0, 0.05) is 5.56 Å². The fraction of sp³-hybridized carbons (Fsp3) is 0.333. The molecule has 3 N–H and O–H groups in total. The van der Waals surface area contributed by atoms with Gasteiger partial charge in [-0.2, -0.15) is 0 Å². The molecule has 0 radical (unpaired) electrons. The Labute approximate surface area is 89.5 Å². The van der Waals surface area contributed by atoms with E-state index in [4.69, 9.17) is 21.8 Å². The largest absolute Gasteiger partial charge is 0.394 e. The van der Waals surface area contributed by atoms with Crippen LogP contribution in [0.2, 0.25) is 5.02 Å². The first-order valence-corrected chi connectivity index (χ1v) is 4.47. The Morgan fingerprint density at radius 2 is 1.73 bits per heavy atom. The van der Waals surface area contributed by atoms with Gasteiger partial charge in [-0.3, -0.25) is 0 Å². The minimum Gasteiger partial charge on any atom is -0.394 e. The van der Waals surface area contributed by atoms with Crippen LogP contribution in [0.5, 0.6) is 0 Å². The second kappa shape index (κ2) is 4.85. The third-order valence-electron chi connectivity index (χ3n) is 1.93. The van der Waals surface area contributed by atoms with Gasteiger partial charge in [0.25, 0.3) is 0 Å². The summed E-state index contributed by atoms with van der Waals surface area (Å²) in [4.78, 5) is 0. The summed E-state index contributed by atoms with van der Waals surface area (Å²) in [6, 6.07) is 1.59. The van der Waals surface area contributed by atoms with Crippen molar-refractivity contribution in [2.45, 2.75) is 12.2 Å². The van der Waals surface area contributed by atoms with E-state index in [-0.39, 0.29) is 0 Å². The highest BCUT2D eigenvalue weighted by molar-refractivity contribution is 6.31. The standard InChI is InChI=1S/C9H9ClF2O3/c10-8-5(12)2-1-4(11)7(8)9(15)6(14)3-13/h1-2,6,9,13-15H,3H2. The lowest BCUT2D eigenvalue weighted by Crippen LogP contribution is -2.23. The molecule has 0 spiro atoms. The van der Waals surface area contributed by atoms with Crippen LogP contribution in [0.1, 0.15) is 11.7 Å². The van der Waals surface area contributed by atoms with Crippen molar-refractivity contribution >= 4 is 11.6 Å². The average Bonchev–Trinajstić information content (AvgIpc) is 2.22. The van der Waals surface area contributed by atoms with Crippen LogP contribution < -0.4 is 0 Å². The van der Waals surface area contributed by atoms with Crippen LogP contribution >= 0.6 is 11.6 Å². The van der Waals surface area contributed by atoms with E-state index in [0.717, 1.165) is 12.1 Å². The van der Waals surface area contributed by atoms with E-state index in [1.807, 2.05) is 0 Å². The van der Waals surface area contributed by atoms with Crippen molar-refractivity contribution < 1.29 is 24.1 Å². The van der Waals surface area contributed by atoms with Crippen LogP contribution in [-0.2, 0) is 0 Å². The number of hydrogen-bond acceptors (Lipinski definition) is 3. The molecule has 15 heavy (non-hydrogen) atoms. The van der Waals surface area contributed by atoms with E-state index >= 15 is 0 Å². The number of benzene rings is 1. The molecule has 1 rings (SSSR count). The SMILES string of the molecule is OCC(O)C(O)c1c(F)ccc(F)c1Cl. The molecule has 0 heterocycles. The molecule has 0 aliphatic rings. The Hall–Kier alpha value is -0.750. The smallest absolute Gasteiger partial charge is 0.142 e. The van der Waals surface area contributed by atoms with Crippen molar-refractivity contribution in [3.05, 3.63) is 34.4 Å². The van der Waals surface area contributed by atoms with E-state index in [1.54, 1.807) is 0 Å². The molecule has 84 valence electrons. The predicted molar refractivity (Wildman–Crippen MR) is 49.4 cm³/mol. The maximum absolute atomic E-state index is 13.2. The summed E-state index contributed by atoms with van der Waals surface area (Å²) in [6.45, 7) is -0.784. The quantitative estimate of drug-likeness (QED) is 0.689. The lowest BCUT2D eigenvalue weighted by Gasteiger charge is -2.17. The van der Waals surface area contributed by atoms with E-state index in [2.05, 4.69) is 0 Å². The van der Waals surface area contributed by atoms with Gasteiger partial charge < -0.3 is 15.3 Å². The highest BCUT2D eigenvalue weighted by atomic mass is 35.5. The van der Waals surface area contributed by atoms with Gasteiger partial charge >= 0.3 is 0 Å². The van der Waals surface area contributed by atoms with Crippen LogP contribution in [-0.4, -0.2) is 28.0 Å². The van der Waals surface area contributed by atoms with Crippen molar-refractivity contribution in [1.82, 2.24) is 0 Å². The molecule has 0 fully saturated rings. The van der Waals surface area contributed by atoms with Gasteiger partial charge in [0.15, 0.2) is 0 Å². The molecule has 0 aliphatic carbocycles. The van der Waals surface area contributed by atoms with Crippen molar-refractivity contribution in [2.75, 3.05) is 6.61 Å². The number of halogens is 3. The average molecular weight is 239 g/mol. The van der Waals surface area contributed by atoms with Gasteiger partial charge in [-0.15, -0.1) is 0 Å². The first-order chi connectivity index (χ1) is 6.99. The number of rotatable bonds is 3. The second-order valence-electron chi connectivity index (χ2n) is 2.95. The number of aliphatic hydroxyl groups is 3. The molecule has 1 aromatic rings. The molecule has 0 aromatic heterocycles. The molecular formula is C9H9ClF2O3. The third kappa shape index (κ3) is 2.43. The van der Waals surface area contributed by atoms with E-state index in [0.29, 0.717) is 0 Å². The fourth-order valence-corrected chi connectivity index (χ4v) is 1.37. The molecule has 0 saturated carbocycles. The fourth-order valence-electron chi connectivity index (χ4n) is 1.11. The first kappa shape index (κ1) is 12.3. The van der Waals surface area contributed by atoms with Crippen molar-refractivity contribution in [3.63, 3.8) is 0 Å². The summed E-state index contributed by atoms with van der Waals surface area (Å²) < 4.78 is 26.1. The predicted octanol–water partition coefficient (Wildman–Crippen LogP) is 1.00. The summed E-state index contributed by atoms with van der Waals surface area (Å²) >= 11 is 5.43. The van der Waals surface area contributed by atoms with Crippen LogP contribution in [0.4, 0.5) is 8.78 Å². The van der Waals surface area contributed by atoms with Crippen LogP contribution in [0.3, 0.4) is 0 Å². The van der Waals surface area contributed by atoms with Crippen LogP contribution in [0.15, 0.2) is 12.1 Å². The molecule has 6 heteroatoms. The lowest BCUT2D eigenvalue weighted by molar-refractivity contribution is -0.0169. The summed E-state index contributed by atoms with van der Waals surface area (Å²) in [6.07, 6.45) is -3.38. The van der Waals surface area contributed by atoms with Crippen molar-refractivity contribution in [1.29, 1.82) is 0 Å². The highest BCUT2D eigenvalue weighted by Crippen LogP contribution is 2.30. The maximum atomic E-state index is 13.2. The zero-order valence-electron chi connectivity index (χ0n) is 7.49. The number of hydrogen-bond donors (Lipinski definition) is 3. The molecule has 0 saturated heterocycles. The van der Waals surface area contributed by atoms with Crippen LogP contribution in [0, 0.1) is 11.6 Å². The highest BCUT2D eigenvalue weighted by Gasteiger charge is 2.25. The van der Waals surface area contributed by atoms with Gasteiger partial charge in [-0.05, 0) is 12.1 Å². The summed E-state index contributed by atoms with van der Waals surface area (Å²) in [5.74, 6) is -1.85. The van der Waals surface area contributed by atoms with Gasteiger partial charge in [0.05, 0.1) is 11.6 Å². The molecule has 2 unspecified atom stereocenters. The van der Waals surface area contributed by atoms with Crippen LogP contribution in [0.25, 0.3) is 0 Å². The Morgan fingerprint density at radius 3 is 2.27 bits per heavy atom. The summed E-state index contributed by atoms with van der Waals surface area (Å²) in [7, 11) is 0. The number of aliphatic hydroxyl groups excluding tert-OH is 3. The topological polar surface area (TPSA) is 60.7 Å². The lowest BCUT2D eigenvalue weighted by atomic mass is 10.0. The van der Waals surface area contributed by atoms with Gasteiger partial charge in [-0.1, -0.05) is 11.6 Å². The van der Waals surface area contributed by atoms with Crippen molar-refractivity contribution in [3.8, 4) is 0 Å². The normalized spacial score (nSPS) is 15.1. The Balaban J connectivity index is 3.18. The Bertz CT molecular complexity index is 359. The van der Waals surface area contributed by atoms with E-state index in [1.165, 1.54) is 0 Å². The molecule has 0 aliphatic heterocycles. The Kier molecular flexibility index (Phi) is 3.98.